The topological polar surface area (TPSA) is 42.5 Å². The maximum Gasteiger partial charge on any atom is 0.166 e. The Morgan fingerprint density at radius 3 is 2.53 bits per heavy atom. The first kappa shape index (κ1) is 13.9. The zero-order chi connectivity index (χ0) is 13.8. The van der Waals surface area contributed by atoms with Crippen LogP contribution in [0.25, 0.3) is 0 Å². The summed E-state index contributed by atoms with van der Waals surface area (Å²) in [5.74, 6) is 2.04. The average molecular weight is 280 g/mol. The first-order valence-electron chi connectivity index (χ1n) is 6.49. The molecule has 1 aromatic rings. The van der Waals surface area contributed by atoms with Crippen molar-refractivity contribution in [3.8, 4) is 11.5 Å². The fraction of sp³-hybridized carbons (Fsp3) is 0.500. The summed E-state index contributed by atoms with van der Waals surface area (Å²) in [7, 11) is 1.82. The minimum Gasteiger partial charge on any atom is -0.486 e. The lowest BCUT2D eigenvalue weighted by molar-refractivity contribution is 0.171. The molecule has 1 aromatic carbocycles. The second kappa shape index (κ2) is 6.10. The van der Waals surface area contributed by atoms with Crippen LogP contribution in [0.15, 0.2) is 18.2 Å². The van der Waals surface area contributed by atoms with Crippen molar-refractivity contribution in [1.82, 2.24) is 10.6 Å². The number of benzene rings is 1. The van der Waals surface area contributed by atoms with Gasteiger partial charge in [-0.1, -0.05) is 19.9 Å². The molecule has 1 heterocycles. The number of nitrogens with one attached hydrogen (secondary N) is 2. The molecule has 1 aliphatic heterocycles. The van der Waals surface area contributed by atoms with Crippen molar-refractivity contribution in [3.05, 3.63) is 23.8 Å². The third-order valence-corrected chi connectivity index (χ3v) is 3.43. The van der Waals surface area contributed by atoms with E-state index in [0.717, 1.165) is 17.1 Å². The van der Waals surface area contributed by atoms with E-state index < -0.39 is 0 Å². The van der Waals surface area contributed by atoms with Crippen molar-refractivity contribution in [1.29, 1.82) is 0 Å². The highest BCUT2D eigenvalue weighted by Gasteiger charge is 2.20. The van der Waals surface area contributed by atoms with E-state index >= 15 is 0 Å². The number of ether oxygens (including phenoxy) is 2. The summed E-state index contributed by atoms with van der Waals surface area (Å²) in [5.41, 5.74) is 1.15. The van der Waals surface area contributed by atoms with Crippen LogP contribution in [-0.2, 0) is 0 Å². The second-order valence-corrected chi connectivity index (χ2v) is 5.26. The van der Waals surface area contributed by atoms with Crippen LogP contribution in [0.3, 0.4) is 0 Å². The molecular weight excluding hydrogens is 260 g/mol. The van der Waals surface area contributed by atoms with Gasteiger partial charge in [-0.2, -0.15) is 0 Å². The van der Waals surface area contributed by atoms with Gasteiger partial charge in [0.1, 0.15) is 13.2 Å². The summed E-state index contributed by atoms with van der Waals surface area (Å²) in [4.78, 5) is 0. The average Bonchev–Trinajstić information content (AvgIpc) is 2.43. The maximum absolute atomic E-state index is 5.62. The van der Waals surface area contributed by atoms with Crippen molar-refractivity contribution in [3.63, 3.8) is 0 Å². The Labute approximate surface area is 119 Å². The minimum absolute atomic E-state index is 0.149. The standard InChI is InChI=1S/C14H20N2O2S/c1-9(2)13(16-14(19)15-3)10-4-5-11-12(8-10)18-7-6-17-11/h4-5,8-9,13H,6-7H2,1-3H3,(H2,15,16,19)/t13-/m1/s1. The molecule has 0 saturated heterocycles. The van der Waals surface area contributed by atoms with Gasteiger partial charge in [0.25, 0.3) is 0 Å². The molecule has 2 rings (SSSR count). The summed E-state index contributed by atoms with van der Waals surface area (Å²) in [5, 5.41) is 6.91. The zero-order valence-corrected chi connectivity index (χ0v) is 12.3. The zero-order valence-electron chi connectivity index (χ0n) is 11.5. The molecule has 0 fully saturated rings. The third kappa shape index (κ3) is 3.29. The van der Waals surface area contributed by atoms with Gasteiger partial charge < -0.3 is 20.1 Å². The molecule has 0 amide bonds. The monoisotopic (exact) mass is 280 g/mol. The normalized spacial score (nSPS) is 14.9. The van der Waals surface area contributed by atoms with Gasteiger partial charge in [-0.25, -0.2) is 0 Å². The molecule has 5 heteroatoms. The van der Waals surface area contributed by atoms with Crippen LogP contribution in [-0.4, -0.2) is 25.4 Å². The predicted molar refractivity (Wildman–Crippen MR) is 79.8 cm³/mol. The lowest BCUT2D eigenvalue weighted by atomic mass is 9.96. The summed E-state index contributed by atoms with van der Waals surface area (Å²) in [6.45, 7) is 5.53. The second-order valence-electron chi connectivity index (χ2n) is 4.85. The Morgan fingerprint density at radius 1 is 1.21 bits per heavy atom. The van der Waals surface area contributed by atoms with Crippen LogP contribution in [0.2, 0.25) is 0 Å². The number of fused-ring (bicyclic) bond motifs is 1. The largest absolute Gasteiger partial charge is 0.486 e. The van der Waals surface area contributed by atoms with Gasteiger partial charge in [-0.15, -0.1) is 0 Å². The minimum atomic E-state index is 0.149. The van der Waals surface area contributed by atoms with Gasteiger partial charge in [0.2, 0.25) is 0 Å². The van der Waals surface area contributed by atoms with Gasteiger partial charge in [-0.05, 0) is 35.8 Å². The Morgan fingerprint density at radius 2 is 1.89 bits per heavy atom. The first-order chi connectivity index (χ1) is 9.11. The lowest BCUT2D eigenvalue weighted by Crippen LogP contribution is -2.37. The van der Waals surface area contributed by atoms with Gasteiger partial charge in [-0.3, -0.25) is 0 Å². The molecule has 2 N–H and O–H groups in total. The molecule has 0 radical (unpaired) electrons. The Balaban J connectivity index is 2.24. The molecule has 0 spiro atoms. The van der Waals surface area contributed by atoms with Crippen LogP contribution in [0.4, 0.5) is 0 Å². The first-order valence-corrected chi connectivity index (χ1v) is 6.90. The van der Waals surface area contributed by atoms with E-state index in [4.69, 9.17) is 21.7 Å². The quantitative estimate of drug-likeness (QED) is 0.831. The summed E-state index contributed by atoms with van der Waals surface area (Å²) in [6.07, 6.45) is 0. The molecule has 1 aliphatic rings. The van der Waals surface area contributed by atoms with E-state index in [1.807, 2.05) is 19.2 Å². The van der Waals surface area contributed by atoms with Crippen LogP contribution < -0.4 is 20.1 Å². The van der Waals surface area contributed by atoms with Crippen molar-refractivity contribution in [2.45, 2.75) is 19.9 Å². The number of hydrogen-bond donors (Lipinski definition) is 2. The van der Waals surface area contributed by atoms with E-state index in [1.54, 1.807) is 0 Å². The van der Waals surface area contributed by atoms with Crippen LogP contribution in [0.1, 0.15) is 25.5 Å². The van der Waals surface area contributed by atoms with Crippen molar-refractivity contribution in [2.75, 3.05) is 20.3 Å². The van der Waals surface area contributed by atoms with E-state index in [1.165, 1.54) is 0 Å². The van der Waals surface area contributed by atoms with E-state index in [9.17, 15) is 0 Å². The highest BCUT2D eigenvalue weighted by Crippen LogP contribution is 2.34. The van der Waals surface area contributed by atoms with Gasteiger partial charge in [0.15, 0.2) is 16.6 Å². The fourth-order valence-corrected chi connectivity index (χ4v) is 2.23. The fourth-order valence-electron chi connectivity index (χ4n) is 2.10. The summed E-state index contributed by atoms with van der Waals surface area (Å²) in [6, 6.07) is 6.20. The SMILES string of the molecule is CNC(=S)N[C@@H](c1ccc2c(c1)OCCO2)C(C)C. The Bertz CT molecular complexity index is 463. The molecule has 0 saturated carbocycles. The summed E-state index contributed by atoms with van der Waals surface area (Å²) >= 11 is 5.19. The van der Waals surface area contributed by atoms with Gasteiger partial charge >= 0.3 is 0 Å². The number of rotatable bonds is 3. The molecule has 104 valence electrons. The number of hydrogen-bond acceptors (Lipinski definition) is 3. The maximum atomic E-state index is 5.62. The van der Waals surface area contributed by atoms with Crippen molar-refractivity contribution in [2.24, 2.45) is 5.92 Å². The Hall–Kier alpha value is -1.49. The van der Waals surface area contributed by atoms with Crippen LogP contribution >= 0.6 is 12.2 Å². The highest BCUT2D eigenvalue weighted by molar-refractivity contribution is 7.80. The van der Waals surface area contributed by atoms with Crippen LogP contribution in [0, 0.1) is 5.92 Å². The van der Waals surface area contributed by atoms with E-state index in [-0.39, 0.29) is 6.04 Å². The molecule has 0 aliphatic carbocycles. The molecular formula is C14H20N2O2S. The van der Waals surface area contributed by atoms with E-state index in [0.29, 0.717) is 24.2 Å². The van der Waals surface area contributed by atoms with Gasteiger partial charge in [0.05, 0.1) is 6.04 Å². The lowest BCUT2D eigenvalue weighted by Gasteiger charge is -2.26. The third-order valence-electron chi connectivity index (χ3n) is 3.11. The van der Waals surface area contributed by atoms with E-state index in [2.05, 4.69) is 30.5 Å². The van der Waals surface area contributed by atoms with Crippen molar-refractivity contribution >= 4 is 17.3 Å². The molecule has 0 unspecified atom stereocenters. The predicted octanol–water partition coefficient (Wildman–Crippen LogP) is 2.25. The molecule has 4 nitrogen and oxygen atoms in total. The molecule has 1 atom stereocenters. The molecule has 0 aromatic heterocycles. The smallest absolute Gasteiger partial charge is 0.166 e. The van der Waals surface area contributed by atoms with Crippen molar-refractivity contribution < 1.29 is 9.47 Å². The Kier molecular flexibility index (Phi) is 4.47. The summed E-state index contributed by atoms with van der Waals surface area (Å²) < 4.78 is 11.2. The number of thiocarbonyl (C=S) groups is 1. The molecule has 0 bridgehead atoms. The molecule has 19 heavy (non-hydrogen) atoms. The van der Waals surface area contributed by atoms with Crippen LogP contribution in [0.5, 0.6) is 11.5 Å². The highest BCUT2D eigenvalue weighted by atomic mass is 32.1. The van der Waals surface area contributed by atoms with Gasteiger partial charge in [0, 0.05) is 7.05 Å².